The van der Waals surface area contributed by atoms with Gasteiger partial charge in [0, 0.05) is 15.6 Å². The number of ether oxygens (including phenoxy) is 1. The van der Waals surface area contributed by atoms with E-state index in [9.17, 15) is 4.79 Å². The number of hydrogen-bond acceptors (Lipinski definition) is 3. The van der Waals surface area contributed by atoms with Crippen molar-refractivity contribution in [2.24, 2.45) is 5.10 Å². The second-order valence-corrected chi connectivity index (χ2v) is 10.6. The molecule has 4 nitrogen and oxygen atoms in total. The Morgan fingerprint density at radius 3 is 2.44 bits per heavy atom. The van der Waals surface area contributed by atoms with E-state index in [1.165, 1.54) is 0 Å². The zero-order valence-electron chi connectivity index (χ0n) is 17.7. The first-order valence-electron chi connectivity index (χ1n) is 10.2. The Kier molecular flexibility index (Phi) is 8.68. The number of amides is 1. The molecule has 4 aromatic carbocycles. The maximum Gasteiger partial charge on any atom is 0.244 e. The van der Waals surface area contributed by atoms with Gasteiger partial charge in [0.25, 0.3) is 0 Å². The summed E-state index contributed by atoms with van der Waals surface area (Å²) in [4.78, 5) is 12.4. The SMILES string of the molecule is O=C(Cc1cccc2ccccc12)N/N=C\c1cc(I)c(OCc2ccc(Cl)cc2Cl)c(I)c1. The van der Waals surface area contributed by atoms with Gasteiger partial charge >= 0.3 is 0 Å². The fourth-order valence-corrected chi connectivity index (χ4v) is 6.01. The van der Waals surface area contributed by atoms with Crippen LogP contribution in [-0.4, -0.2) is 12.1 Å². The number of hydrogen-bond donors (Lipinski definition) is 1. The molecule has 0 aliphatic carbocycles. The first kappa shape index (κ1) is 25.2. The topological polar surface area (TPSA) is 50.7 Å². The van der Waals surface area contributed by atoms with E-state index in [-0.39, 0.29) is 12.3 Å². The average molecular weight is 715 g/mol. The van der Waals surface area contributed by atoms with E-state index in [1.807, 2.05) is 60.7 Å². The monoisotopic (exact) mass is 714 g/mol. The van der Waals surface area contributed by atoms with Gasteiger partial charge in [-0.15, -0.1) is 0 Å². The molecule has 8 heteroatoms. The van der Waals surface area contributed by atoms with Crippen LogP contribution in [0.2, 0.25) is 10.0 Å². The number of halogens is 4. The van der Waals surface area contributed by atoms with Gasteiger partial charge < -0.3 is 4.74 Å². The summed E-state index contributed by atoms with van der Waals surface area (Å²) in [6.07, 6.45) is 1.89. The molecule has 0 unspecified atom stereocenters. The molecular weight excluding hydrogens is 697 g/mol. The maximum absolute atomic E-state index is 12.4. The fraction of sp³-hybridized carbons (Fsp3) is 0.0769. The first-order chi connectivity index (χ1) is 16.4. The van der Waals surface area contributed by atoms with E-state index in [0.29, 0.717) is 16.7 Å². The van der Waals surface area contributed by atoms with Crippen molar-refractivity contribution in [3.8, 4) is 5.75 Å². The van der Waals surface area contributed by atoms with Crippen molar-refractivity contribution in [1.82, 2.24) is 5.43 Å². The van der Waals surface area contributed by atoms with Crippen LogP contribution < -0.4 is 10.2 Å². The second kappa shape index (κ2) is 11.7. The number of carbonyl (C=O) groups is 1. The highest BCUT2D eigenvalue weighted by atomic mass is 127. The van der Waals surface area contributed by atoms with Gasteiger partial charge in [-0.2, -0.15) is 5.10 Å². The average Bonchev–Trinajstić information content (AvgIpc) is 2.80. The highest BCUT2D eigenvalue weighted by Crippen LogP contribution is 2.30. The first-order valence-corrected chi connectivity index (χ1v) is 13.2. The molecule has 172 valence electrons. The Balaban J connectivity index is 1.38. The fourth-order valence-electron chi connectivity index (χ4n) is 3.42. The molecule has 1 N–H and O–H groups in total. The molecule has 34 heavy (non-hydrogen) atoms. The van der Waals surface area contributed by atoms with Gasteiger partial charge in [0.05, 0.1) is 19.8 Å². The Bertz CT molecular complexity index is 1360. The van der Waals surface area contributed by atoms with Crippen LogP contribution in [0.1, 0.15) is 16.7 Å². The van der Waals surface area contributed by atoms with Crippen molar-refractivity contribution in [2.45, 2.75) is 13.0 Å². The highest BCUT2D eigenvalue weighted by molar-refractivity contribution is 14.1. The standard InChI is InChI=1S/C26H18Cl2I2N2O2/c27-20-9-8-19(22(28)13-20)15-34-26-23(29)10-16(11-24(26)30)14-31-32-25(33)12-18-6-3-5-17-4-1-2-7-21(17)18/h1-11,13-14H,12,15H2,(H,32,33)/b31-14-. The number of nitrogens with zero attached hydrogens (tertiary/aromatic N) is 1. The Hall–Kier alpha value is -1.88. The summed E-state index contributed by atoms with van der Waals surface area (Å²) < 4.78 is 7.87. The highest BCUT2D eigenvalue weighted by Gasteiger charge is 2.11. The molecule has 0 fully saturated rings. The number of fused-ring (bicyclic) bond motifs is 1. The van der Waals surface area contributed by atoms with Crippen molar-refractivity contribution in [3.05, 3.63) is 107 Å². The minimum absolute atomic E-state index is 0.170. The molecule has 1 amide bonds. The molecule has 0 spiro atoms. The second-order valence-electron chi connectivity index (χ2n) is 7.45. The van der Waals surface area contributed by atoms with E-state index in [2.05, 4.69) is 55.7 Å². The normalized spacial score (nSPS) is 11.2. The summed E-state index contributed by atoms with van der Waals surface area (Å²) >= 11 is 16.7. The number of hydrazone groups is 1. The van der Waals surface area contributed by atoms with Crippen molar-refractivity contribution in [1.29, 1.82) is 0 Å². The maximum atomic E-state index is 12.4. The number of carbonyl (C=O) groups excluding carboxylic acids is 1. The third kappa shape index (κ3) is 6.41. The van der Waals surface area contributed by atoms with Crippen LogP contribution in [-0.2, 0) is 17.8 Å². The molecule has 0 aliphatic heterocycles. The quantitative estimate of drug-likeness (QED) is 0.122. The predicted molar refractivity (Wildman–Crippen MR) is 156 cm³/mol. The summed E-state index contributed by atoms with van der Waals surface area (Å²) in [5, 5.41) is 7.48. The van der Waals surface area contributed by atoms with Crippen molar-refractivity contribution in [3.63, 3.8) is 0 Å². The molecule has 0 radical (unpaired) electrons. The molecule has 0 aliphatic rings. The zero-order valence-corrected chi connectivity index (χ0v) is 23.5. The molecule has 0 aromatic heterocycles. The predicted octanol–water partition coefficient (Wildman–Crippen LogP) is 7.63. The largest absolute Gasteiger partial charge is 0.487 e. The van der Waals surface area contributed by atoms with E-state index < -0.39 is 0 Å². The molecule has 4 aromatic rings. The van der Waals surface area contributed by atoms with Crippen LogP contribution in [0.4, 0.5) is 0 Å². The Labute approximate surface area is 235 Å². The molecule has 0 atom stereocenters. The lowest BCUT2D eigenvalue weighted by Gasteiger charge is -2.12. The zero-order chi connectivity index (χ0) is 24.1. The van der Waals surface area contributed by atoms with Gasteiger partial charge in [-0.3, -0.25) is 4.79 Å². The van der Waals surface area contributed by atoms with E-state index in [0.717, 1.165) is 40.4 Å². The van der Waals surface area contributed by atoms with Crippen molar-refractivity contribution < 1.29 is 9.53 Å². The lowest BCUT2D eigenvalue weighted by molar-refractivity contribution is -0.120. The molecule has 4 rings (SSSR count). The van der Waals surface area contributed by atoms with Crippen LogP contribution in [0.15, 0.2) is 77.9 Å². The molecule has 0 saturated heterocycles. The van der Waals surface area contributed by atoms with Gasteiger partial charge in [0.15, 0.2) is 0 Å². The summed E-state index contributed by atoms with van der Waals surface area (Å²) in [7, 11) is 0. The summed E-state index contributed by atoms with van der Waals surface area (Å²) in [6, 6.07) is 23.2. The van der Waals surface area contributed by atoms with Crippen LogP contribution in [0.5, 0.6) is 5.75 Å². The van der Waals surface area contributed by atoms with Gasteiger partial charge in [-0.1, -0.05) is 71.7 Å². The Morgan fingerprint density at radius 1 is 0.941 bits per heavy atom. The minimum Gasteiger partial charge on any atom is -0.487 e. The molecule has 0 heterocycles. The van der Waals surface area contributed by atoms with Crippen LogP contribution in [0.25, 0.3) is 10.8 Å². The molecule has 0 saturated carbocycles. The lowest BCUT2D eigenvalue weighted by Crippen LogP contribution is -2.19. The number of nitrogens with one attached hydrogen (secondary N) is 1. The van der Waals surface area contributed by atoms with Gasteiger partial charge in [-0.25, -0.2) is 5.43 Å². The molecular formula is C26H18Cl2I2N2O2. The van der Waals surface area contributed by atoms with Crippen LogP contribution in [0, 0.1) is 7.14 Å². The third-order valence-corrected chi connectivity index (χ3v) is 7.23. The van der Waals surface area contributed by atoms with Crippen molar-refractivity contribution in [2.75, 3.05) is 0 Å². The number of rotatable bonds is 7. The van der Waals surface area contributed by atoms with Crippen molar-refractivity contribution >= 4 is 91.3 Å². The van der Waals surface area contributed by atoms with Gasteiger partial charge in [0.2, 0.25) is 5.91 Å². The number of benzene rings is 4. The minimum atomic E-state index is -0.170. The lowest BCUT2D eigenvalue weighted by atomic mass is 10.0. The van der Waals surface area contributed by atoms with Crippen LogP contribution >= 0.6 is 68.4 Å². The molecule has 0 bridgehead atoms. The van der Waals surface area contributed by atoms with E-state index in [4.69, 9.17) is 27.9 Å². The summed E-state index contributed by atoms with van der Waals surface area (Å²) in [5.41, 5.74) is 5.31. The smallest absolute Gasteiger partial charge is 0.244 e. The van der Waals surface area contributed by atoms with Crippen LogP contribution in [0.3, 0.4) is 0 Å². The van der Waals surface area contributed by atoms with E-state index >= 15 is 0 Å². The third-order valence-electron chi connectivity index (χ3n) is 5.04. The Morgan fingerprint density at radius 2 is 1.68 bits per heavy atom. The summed E-state index contributed by atoms with van der Waals surface area (Å²) in [6.45, 7) is 0.333. The van der Waals surface area contributed by atoms with E-state index in [1.54, 1.807) is 18.3 Å². The van der Waals surface area contributed by atoms with Gasteiger partial charge in [-0.05, 0) is 91.3 Å². The van der Waals surface area contributed by atoms with Gasteiger partial charge in [0.1, 0.15) is 12.4 Å². The summed E-state index contributed by atoms with van der Waals surface area (Å²) in [5.74, 6) is 0.598.